The van der Waals surface area contributed by atoms with E-state index in [1.54, 1.807) is 0 Å². The van der Waals surface area contributed by atoms with Gasteiger partial charge in [0.1, 0.15) is 0 Å². The van der Waals surface area contributed by atoms with Crippen molar-refractivity contribution >= 4 is 22.6 Å². The molecule has 19 heavy (non-hydrogen) atoms. The summed E-state index contributed by atoms with van der Waals surface area (Å²) in [6.45, 7) is 4.95. The van der Waals surface area contributed by atoms with Crippen molar-refractivity contribution in [3.8, 4) is 0 Å². The average molecular weight is 370 g/mol. The molecule has 0 atom stereocenters. The normalized spacial score (nSPS) is 16.4. The monoisotopic (exact) mass is 370 g/mol. The summed E-state index contributed by atoms with van der Waals surface area (Å²) in [6.07, 6.45) is 7.37. The van der Waals surface area contributed by atoms with Gasteiger partial charge in [-0.15, -0.1) is 0 Å². The Kier molecular flexibility index (Phi) is 3.64. The average Bonchev–Trinajstić information content (AvgIpc) is 3.09. The van der Waals surface area contributed by atoms with Gasteiger partial charge in [0.2, 0.25) is 0 Å². The molecule has 0 aliphatic heterocycles. The Hall–Kier alpha value is -0.850. The third-order valence-electron chi connectivity index (χ3n) is 3.97. The number of aryl methyl sites for hydroxylation is 1. The Morgan fingerprint density at radius 2 is 2.00 bits per heavy atom. The number of nitrogens with zero attached hydrogens (tertiary/aromatic N) is 4. The van der Waals surface area contributed by atoms with Crippen LogP contribution in [0, 0.1) is 17.4 Å². The predicted molar refractivity (Wildman–Crippen MR) is 83.3 cm³/mol. The zero-order valence-electron chi connectivity index (χ0n) is 11.4. The second-order valence-electron chi connectivity index (χ2n) is 5.37. The van der Waals surface area contributed by atoms with E-state index in [0.717, 1.165) is 17.9 Å². The zero-order valence-corrected chi connectivity index (χ0v) is 13.6. The van der Waals surface area contributed by atoms with Gasteiger partial charge in [-0.25, -0.2) is 0 Å². The molecule has 1 aliphatic carbocycles. The molecule has 0 spiro atoms. The summed E-state index contributed by atoms with van der Waals surface area (Å²) in [5, 5.41) is 9.29. The van der Waals surface area contributed by atoms with Crippen molar-refractivity contribution in [3.05, 3.63) is 32.9 Å². The standard InChI is InChI=1S/C14H19IN4/c1-10-14(15)11(2)19(16-10)9-12-7-8-18(17-12)13-5-3-4-6-13/h7-8,13H,3-6,9H2,1-2H3. The van der Waals surface area contributed by atoms with Crippen LogP contribution in [0.15, 0.2) is 12.3 Å². The van der Waals surface area contributed by atoms with Crippen LogP contribution in [0.25, 0.3) is 0 Å². The van der Waals surface area contributed by atoms with Crippen LogP contribution in [-0.2, 0) is 6.54 Å². The first-order valence-corrected chi connectivity index (χ1v) is 7.96. The largest absolute Gasteiger partial charge is 0.269 e. The summed E-state index contributed by atoms with van der Waals surface area (Å²) in [6, 6.07) is 2.75. The first-order valence-electron chi connectivity index (χ1n) is 6.88. The molecule has 0 amide bonds. The zero-order chi connectivity index (χ0) is 13.4. The van der Waals surface area contributed by atoms with Crippen LogP contribution in [0.2, 0.25) is 0 Å². The van der Waals surface area contributed by atoms with Gasteiger partial charge in [-0.3, -0.25) is 9.36 Å². The Balaban J connectivity index is 1.78. The van der Waals surface area contributed by atoms with E-state index in [1.807, 2.05) is 0 Å². The third kappa shape index (κ3) is 2.57. The smallest absolute Gasteiger partial charge is 0.0853 e. The molecule has 0 saturated heterocycles. The highest BCUT2D eigenvalue weighted by molar-refractivity contribution is 14.1. The third-order valence-corrected chi connectivity index (χ3v) is 5.53. The fourth-order valence-electron chi connectivity index (χ4n) is 2.82. The topological polar surface area (TPSA) is 35.6 Å². The molecule has 0 N–H and O–H groups in total. The van der Waals surface area contributed by atoms with Crippen LogP contribution >= 0.6 is 22.6 Å². The van der Waals surface area contributed by atoms with Gasteiger partial charge in [0.05, 0.1) is 27.5 Å². The van der Waals surface area contributed by atoms with Gasteiger partial charge in [0.15, 0.2) is 0 Å². The molecule has 1 aliphatic rings. The minimum Gasteiger partial charge on any atom is -0.269 e. The molecule has 1 saturated carbocycles. The molecular weight excluding hydrogens is 351 g/mol. The van der Waals surface area contributed by atoms with Crippen molar-refractivity contribution in [3.63, 3.8) is 0 Å². The Bertz CT molecular complexity index is 578. The van der Waals surface area contributed by atoms with Gasteiger partial charge >= 0.3 is 0 Å². The van der Waals surface area contributed by atoms with E-state index >= 15 is 0 Å². The molecule has 4 nitrogen and oxygen atoms in total. The quantitative estimate of drug-likeness (QED) is 0.776. The van der Waals surface area contributed by atoms with Crippen molar-refractivity contribution < 1.29 is 0 Å². The van der Waals surface area contributed by atoms with Crippen molar-refractivity contribution in [2.24, 2.45) is 0 Å². The fraction of sp³-hybridized carbons (Fsp3) is 0.571. The minimum absolute atomic E-state index is 0.620. The van der Waals surface area contributed by atoms with E-state index in [2.05, 4.69) is 63.2 Å². The van der Waals surface area contributed by atoms with Gasteiger partial charge in [-0.05, 0) is 55.3 Å². The SMILES string of the molecule is Cc1nn(Cc2ccn(C3CCCC3)n2)c(C)c1I. The molecule has 0 bridgehead atoms. The Labute approximate surface area is 127 Å². The van der Waals surface area contributed by atoms with Crippen molar-refractivity contribution in [1.82, 2.24) is 19.6 Å². The molecule has 0 radical (unpaired) electrons. The second-order valence-corrected chi connectivity index (χ2v) is 6.45. The molecule has 1 fully saturated rings. The summed E-state index contributed by atoms with van der Waals surface area (Å²) in [4.78, 5) is 0. The van der Waals surface area contributed by atoms with Gasteiger partial charge in [0, 0.05) is 11.9 Å². The van der Waals surface area contributed by atoms with Gasteiger partial charge in [0.25, 0.3) is 0 Å². The molecule has 3 rings (SSSR count). The number of rotatable bonds is 3. The molecule has 0 aromatic carbocycles. The van der Waals surface area contributed by atoms with Crippen molar-refractivity contribution in [1.29, 1.82) is 0 Å². The lowest BCUT2D eigenvalue weighted by atomic mass is 10.3. The van der Waals surface area contributed by atoms with E-state index < -0.39 is 0 Å². The number of halogens is 1. The second kappa shape index (κ2) is 5.26. The highest BCUT2D eigenvalue weighted by atomic mass is 127. The summed E-state index contributed by atoms with van der Waals surface area (Å²) in [7, 11) is 0. The molecule has 102 valence electrons. The maximum absolute atomic E-state index is 4.72. The van der Waals surface area contributed by atoms with E-state index in [1.165, 1.54) is 34.9 Å². The molecule has 2 aromatic rings. The van der Waals surface area contributed by atoms with Crippen LogP contribution in [0.4, 0.5) is 0 Å². The van der Waals surface area contributed by atoms with Gasteiger partial charge in [-0.1, -0.05) is 12.8 Å². The Morgan fingerprint density at radius 1 is 1.26 bits per heavy atom. The highest BCUT2D eigenvalue weighted by Crippen LogP contribution is 2.28. The van der Waals surface area contributed by atoms with Crippen LogP contribution in [0.3, 0.4) is 0 Å². The van der Waals surface area contributed by atoms with Crippen LogP contribution < -0.4 is 0 Å². The van der Waals surface area contributed by atoms with Gasteiger partial charge < -0.3 is 0 Å². The molecule has 5 heteroatoms. The minimum atomic E-state index is 0.620. The van der Waals surface area contributed by atoms with Crippen molar-refractivity contribution in [2.75, 3.05) is 0 Å². The lowest BCUT2D eigenvalue weighted by molar-refractivity contribution is 0.460. The Morgan fingerprint density at radius 3 is 2.63 bits per heavy atom. The maximum atomic E-state index is 4.72. The number of hydrogen-bond donors (Lipinski definition) is 0. The lowest BCUT2D eigenvalue weighted by Crippen LogP contribution is -2.08. The van der Waals surface area contributed by atoms with Gasteiger partial charge in [-0.2, -0.15) is 10.2 Å². The number of aromatic nitrogens is 4. The first kappa shape index (κ1) is 13.1. The lowest BCUT2D eigenvalue weighted by Gasteiger charge is -2.09. The van der Waals surface area contributed by atoms with Crippen LogP contribution in [-0.4, -0.2) is 19.6 Å². The first-order chi connectivity index (χ1) is 9.15. The highest BCUT2D eigenvalue weighted by Gasteiger charge is 2.18. The van der Waals surface area contributed by atoms with E-state index in [-0.39, 0.29) is 0 Å². The molecular formula is C14H19IN4. The summed E-state index contributed by atoms with van der Waals surface area (Å²) in [5.41, 5.74) is 3.44. The molecule has 2 heterocycles. The summed E-state index contributed by atoms with van der Waals surface area (Å²) < 4.78 is 5.46. The maximum Gasteiger partial charge on any atom is 0.0853 e. The van der Waals surface area contributed by atoms with E-state index in [9.17, 15) is 0 Å². The van der Waals surface area contributed by atoms with E-state index in [0.29, 0.717) is 6.04 Å². The number of hydrogen-bond acceptors (Lipinski definition) is 2. The van der Waals surface area contributed by atoms with Crippen LogP contribution in [0.5, 0.6) is 0 Å². The van der Waals surface area contributed by atoms with Crippen LogP contribution in [0.1, 0.15) is 48.8 Å². The van der Waals surface area contributed by atoms with E-state index in [4.69, 9.17) is 5.10 Å². The summed E-state index contributed by atoms with van der Waals surface area (Å²) >= 11 is 2.36. The predicted octanol–water partition coefficient (Wildman–Crippen LogP) is 3.46. The fourth-order valence-corrected chi connectivity index (χ4v) is 3.20. The summed E-state index contributed by atoms with van der Waals surface area (Å²) in [5.74, 6) is 0. The molecule has 0 unspecified atom stereocenters. The molecule has 2 aromatic heterocycles. The van der Waals surface area contributed by atoms with Crippen molar-refractivity contribution in [2.45, 2.75) is 52.1 Å².